The molecule has 2 fully saturated rings. The lowest BCUT2D eigenvalue weighted by Crippen LogP contribution is -2.66. The van der Waals surface area contributed by atoms with Gasteiger partial charge in [-0.1, -0.05) is 0 Å². The molecule has 39 heavy (non-hydrogen) atoms. The molecule has 2 aliphatic heterocycles. The second kappa shape index (κ2) is 9.61. The summed E-state index contributed by atoms with van der Waals surface area (Å²) in [6.45, 7) is 2.21. The quantitative estimate of drug-likeness (QED) is 0.423. The van der Waals surface area contributed by atoms with E-state index in [0.29, 0.717) is 48.3 Å². The van der Waals surface area contributed by atoms with Crippen LogP contribution in [0, 0.1) is 34.3 Å². The Labute approximate surface area is 222 Å². The van der Waals surface area contributed by atoms with E-state index in [-0.39, 0.29) is 29.5 Å². The van der Waals surface area contributed by atoms with Crippen LogP contribution in [0.2, 0.25) is 0 Å². The number of fused-ring (bicyclic) bond motifs is 1. The Bertz CT molecular complexity index is 1650. The number of hydrogen-bond donors (Lipinski definition) is 1. The molecule has 11 heteroatoms. The van der Waals surface area contributed by atoms with Crippen LogP contribution in [0.5, 0.6) is 0 Å². The van der Waals surface area contributed by atoms with Crippen LogP contribution in [-0.2, 0) is 5.54 Å². The number of aromatic nitrogens is 4. The third-order valence-corrected chi connectivity index (χ3v) is 7.90. The van der Waals surface area contributed by atoms with E-state index in [1.54, 1.807) is 34.2 Å². The van der Waals surface area contributed by atoms with Crippen molar-refractivity contribution in [2.24, 2.45) is 0 Å². The van der Waals surface area contributed by atoms with Crippen LogP contribution in [0.4, 0.5) is 8.78 Å². The summed E-state index contributed by atoms with van der Waals surface area (Å²) in [5.41, 5.74) is 1.26. The molecule has 196 valence electrons. The summed E-state index contributed by atoms with van der Waals surface area (Å²) < 4.78 is 30.9. The van der Waals surface area contributed by atoms with Gasteiger partial charge in [0.05, 0.1) is 42.1 Å². The summed E-state index contributed by atoms with van der Waals surface area (Å²) in [6.07, 6.45) is 8.04. The Morgan fingerprint density at radius 3 is 2.64 bits per heavy atom. The van der Waals surface area contributed by atoms with Crippen LogP contribution in [0.25, 0.3) is 22.2 Å². The molecule has 4 aromatic rings. The molecule has 1 amide bonds. The van der Waals surface area contributed by atoms with Crippen molar-refractivity contribution in [3.8, 4) is 23.3 Å². The SMILES string of the molecule is N#CCC1(n2cc(-c3c(F)cnc4[nH]ccc34)cn2)CN(C2CCN(C(=O)c3ccc(C#N)cc3F)CC2)C1. The number of benzene rings is 1. The van der Waals surface area contributed by atoms with Gasteiger partial charge in [0.2, 0.25) is 0 Å². The first-order chi connectivity index (χ1) is 18.9. The Morgan fingerprint density at radius 1 is 1.13 bits per heavy atom. The van der Waals surface area contributed by atoms with Crippen molar-refractivity contribution in [1.82, 2.24) is 29.5 Å². The summed E-state index contributed by atoms with van der Waals surface area (Å²) in [4.78, 5) is 23.9. The van der Waals surface area contributed by atoms with Crippen LogP contribution in [0.3, 0.4) is 0 Å². The van der Waals surface area contributed by atoms with Crippen LogP contribution in [0.1, 0.15) is 35.2 Å². The predicted molar refractivity (Wildman–Crippen MR) is 137 cm³/mol. The molecule has 0 bridgehead atoms. The largest absolute Gasteiger partial charge is 0.346 e. The minimum atomic E-state index is -0.687. The van der Waals surface area contributed by atoms with Gasteiger partial charge in [0.25, 0.3) is 5.91 Å². The average molecular weight is 527 g/mol. The van der Waals surface area contributed by atoms with Crippen molar-refractivity contribution in [3.63, 3.8) is 0 Å². The zero-order chi connectivity index (χ0) is 27.1. The van der Waals surface area contributed by atoms with Gasteiger partial charge in [-0.15, -0.1) is 0 Å². The third kappa shape index (κ3) is 4.21. The molecule has 2 aliphatic rings. The van der Waals surface area contributed by atoms with Crippen molar-refractivity contribution in [2.45, 2.75) is 30.8 Å². The monoisotopic (exact) mass is 526 g/mol. The van der Waals surface area contributed by atoms with Gasteiger partial charge in [-0.25, -0.2) is 13.8 Å². The number of carbonyl (C=O) groups is 1. The number of piperidine rings is 1. The maximum absolute atomic E-state index is 14.8. The molecule has 0 spiro atoms. The minimum Gasteiger partial charge on any atom is -0.346 e. The molecule has 9 nitrogen and oxygen atoms in total. The van der Waals surface area contributed by atoms with Crippen molar-refractivity contribution in [1.29, 1.82) is 10.5 Å². The highest BCUT2D eigenvalue weighted by molar-refractivity contribution is 5.95. The molecule has 5 heterocycles. The standard InChI is InChI=1S/C28H24F2N8O/c29-23-11-18(12-32)1-2-21(23)27(39)36-9-4-20(5-10-36)37-16-28(17-37,6-7-31)38-15-19(13-35-38)25-22-3-8-33-26(22)34-14-24(25)30/h1-3,8,11,13-15,20H,4-6,9-10,16-17H2,(H,33,34). The second-order valence-corrected chi connectivity index (χ2v) is 10.2. The molecule has 1 aromatic carbocycles. The van der Waals surface area contributed by atoms with E-state index in [2.05, 4.69) is 26.0 Å². The van der Waals surface area contributed by atoms with Gasteiger partial charge in [0, 0.05) is 61.1 Å². The molecular formula is C28H24F2N8O. The average Bonchev–Trinajstić information content (AvgIpc) is 3.60. The zero-order valence-electron chi connectivity index (χ0n) is 20.9. The highest BCUT2D eigenvalue weighted by Gasteiger charge is 2.48. The lowest BCUT2D eigenvalue weighted by atomic mass is 9.83. The van der Waals surface area contributed by atoms with Crippen LogP contribution in [-0.4, -0.2) is 67.7 Å². The number of hydrogen-bond acceptors (Lipinski definition) is 6. The first kappa shape index (κ1) is 24.7. The summed E-state index contributed by atoms with van der Waals surface area (Å²) in [5, 5.41) is 23.7. The van der Waals surface area contributed by atoms with Gasteiger partial charge in [0.1, 0.15) is 22.8 Å². The number of halogens is 2. The topological polar surface area (TPSA) is 118 Å². The number of nitrogens with one attached hydrogen (secondary N) is 1. The van der Waals surface area contributed by atoms with Gasteiger partial charge in [0.15, 0.2) is 0 Å². The van der Waals surface area contributed by atoms with Gasteiger partial charge < -0.3 is 9.88 Å². The summed E-state index contributed by atoms with van der Waals surface area (Å²) in [7, 11) is 0. The number of nitriles is 2. The van der Waals surface area contributed by atoms with Crippen LogP contribution >= 0.6 is 0 Å². The molecule has 0 aliphatic carbocycles. The Balaban J connectivity index is 1.13. The Kier molecular flexibility index (Phi) is 6.09. The van der Waals surface area contributed by atoms with Gasteiger partial charge >= 0.3 is 0 Å². The molecule has 0 unspecified atom stereocenters. The van der Waals surface area contributed by atoms with Gasteiger partial charge in [-0.2, -0.15) is 15.6 Å². The van der Waals surface area contributed by atoms with Gasteiger partial charge in [-0.3, -0.25) is 14.4 Å². The third-order valence-electron chi connectivity index (χ3n) is 7.90. The second-order valence-electron chi connectivity index (χ2n) is 10.2. The number of nitrogens with zero attached hydrogens (tertiary/aromatic N) is 7. The highest BCUT2D eigenvalue weighted by atomic mass is 19.1. The van der Waals surface area contributed by atoms with Crippen molar-refractivity contribution >= 4 is 16.9 Å². The van der Waals surface area contributed by atoms with E-state index in [1.165, 1.54) is 18.3 Å². The molecule has 0 radical (unpaired) electrons. The van der Waals surface area contributed by atoms with E-state index < -0.39 is 17.2 Å². The van der Waals surface area contributed by atoms with Crippen LogP contribution in [0.15, 0.2) is 49.1 Å². The van der Waals surface area contributed by atoms with E-state index in [1.807, 2.05) is 6.07 Å². The smallest absolute Gasteiger partial charge is 0.256 e. The van der Waals surface area contributed by atoms with E-state index >= 15 is 0 Å². The number of pyridine rings is 1. The molecule has 6 rings (SSSR count). The molecule has 2 saturated heterocycles. The molecule has 0 atom stereocenters. The number of aromatic amines is 1. The molecule has 3 aromatic heterocycles. The normalized spacial score (nSPS) is 17.5. The fourth-order valence-corrected chi connectivity index (χ4v) is 5.80. The number of rotatable bonds is 5. The van der Waals surface area contributed by atoms with Crippen molar-refractivity contribution in [2.75, 3.05) is 26.2 Å². The first-order valence-corrected chi connectivity index (χ1v) is 12.7. The summed E-state index contributed by atoms with van der Waals surface area (Å²) in [6, 6.07) is 10.1. The van der Waals surface area contributed by atoms with Crippen molar-refractivity contribution in [3.05, 3.63) is 71.8 Å². The first-order valence-electron chi connectivity index (χ1n) is 12.7. The number of H-pyrrole nitrogens is 1. The summed E-state index contributed by atoms with van der Waals surface area (Å²) >= 11 is 0. The maximum atomic E-state index is 14.8. The van der Waals surface area contributed by atoms with E-state index in [0.717, 1.165) is 18.9 Å². The maximum Gasteiger partial charge on any atom is 0.256 e. The predicted octanol–water partition coefficient (Wildman–Crippen LogP) is 3.81. The fraction of sp³-hybridized carbons (Fsp3) is 0.321. The van der Waals surface area contributed by atoms with Crippen molar-refractivity contribution < 1.29 is 13.6 Å². The van der Waals surface area contributed by atoms with E-state index in [4.69, 9.17) is 5.26 Å². The minimum absolute atomic E-state index is 0.0264. The van der Waals surface area contributed by atoms with E-state index in [9.17, 15) is 18.8 Å². The number of likely N-dealkylation sites (tertiary alicyclic amines) is 2. The Hall–Kier alpha value is -4.61. The summed E-state index contributed by atoms with van der Waals surface area (Å²) in [5.74, 6) is -1.50. The highest BCUT2D eigenvalue weighted by Crippen LogP contribution is 2.38. The van der Waals surface area contributed by atoms with Crippen LogP contribution < -0.4 is 0 Å². The Morgan fingerprint density at radius 2 is 1.92 bits per heavy atom. The number of carbonyl (C=O) groups excluding carboxylic acids is 1. The lowest BCUT2D eigenvalue weighted by molar-refractivity contribution is -0.0412. The number of amides is 1. The lowest BCUT2D eigenvalue weighted by Gasteiger charge is -2.53. The molecule has 0 saturated carbocycles. The molecular weight excluding hydrogens is 502 g/mol. The zero-order valence-corrected chi connectivity index (χ0v) is 20.9. The van der Waals surface area contributed by atoms with Gasteiger partial charge in [-0.05, 0) is 37.1 Å². The molecule has 1 N–H and O–H groups in total. The fourth-order valence-electron chi connectivity index (χ4n) is 5.80.